The summed E-state index contributed by atoms with van der Waals surface area (Å²) in [5, 5.41) is 7.32. The summed E-state index contributed by atoms with van der Waals surface area (Å²) in [6, 6.07) is 63.6. The van der Waals surface area contributed by atoms with Gasteiger partial charge >= 0.3 is 0 Å². The Morgan fingerprint density at radius 2 is 1.06 bits per heavy atom. The molecule has 0 spiro atoms. The first-order chi connectivity index (χ1) is 25.3. The van der Waals surface area contributed by atoms with Gasteiger partial charge in [0.15, 0.2) is 0 Å². The van der Waals surface area contributed by atoms with Crippen LogP contribution in [0.4, 0.5) is 0 Å². The van der Waals surface area contributed by atoms with E-state index >= 15 is 0 Å². The fraction of sp³-hybridized carbons (Fsp3) is 0. The lowest BCUT2D eigenvalue weighted by atomic mass is 9.95. The van der Waals surface area contributed by atoms with Crippen molar-refractivity contribution in [2.24, 2.45) is 0 Å². The first-order valence-corrected chi connectivity index (χ1v) is 18.2. The van der Waals surface area contributed by atoms with Crippen molar-refractivity contribution in [1.29, 1.82) is 0 Å². The van der Waals surface area contributed by atoms with E-state index < -0.39 is 0 Å². The number of furan rings is 1. The molecule has 238 valence electrons. The maximum absolute atomic E-state index is 6.56. The van der Waals surface area contributed by atoms with Crippen LogP contribution in [0.2, 0.25) is 0 Å². The Hall–Kier alpha value is -6.42. The molecule has 0 bridgehead atoms. The molecule has 0 fully saturated rings. The van der Waals surface area contributed by atoms with E-state index in [4.69, 9.17) is 4.42 Å². The molecule has 3 heterocycles. The summed E-state index contributed by atoms with van der Waals surface area (Å²) in [4.78, 5) is 0. The van der Waals surface area contributed by atoms with E-state index in [1.165, 1.54) is 69.9 Å². The number of hydrogen-bond donors (Lipinski definition) is 0. The highest BCUT2D eigenvalue weighted by atomic mass is 32.1. The van der Waals surface area contributed by atoms with E-state index in [1.807, 2.05) is 17.4 Å². The fourth-order valence-electron chi connectivity index (χ4n) is 8.06. The summed E-state index contributed by atoms with van der Waals surface area (Å²) in [5.41, 5.74) is 12.6. The molecule has 11 rings (SSSR count). The van der Waals surface area contributed by atoms with Crippen LogP contribution in [-0.4, -0.2) is 4.57 Å². The van der Waals surface area contributed by atoms with Gasteiger partial charge in [-0.3, -0.25) is 0 Å². The Labute approximate surface area is 298 Å². The van der Waals surface area contributed by atoms with Crippen LogP contribution in [0.15, 0.2) is 180 Å². The number of hydrogen-bond acceptors (Lipinski definition) is 2. The van der Waals surface area contributed by atoms with Crippen LogP contribution in [0.5, 0.6) is 0 Å². The maximum atomic E-state index is 6.56. The van der Waals surface area contributed by atoms with Crippen LogP contribution in [0.1, 0.15) is 0 Å². The molecular formula is C48H29NOS. The Bertz CT molecular complexity index is 3130. The Morgan fingerprint density at radius 1 is 0.373 bits per heavy atom. The summed E-state index contributed by atoms with van der Waals surface area (Å²) >= 11 is 1.89. The molecular weight excluding hydrogens is 639 g/mol. The molecule has 0 atom stereocenters. The third-order valence-corrected chi connectivity index (χ3v) is 11.7. The van der Waals surface area contributed by atoms with Crippen LogP contribution in [0.25, 0.3) is 103 Å². The minimum Gasteiger partial charge on any atom is -0.455 e. The number of aromatic nitrogens is 1. The first-order valence-electron chi connectivity index (χ1n) is 17.3. The quantitative estimate of drug-likeness (QED) is 0.183. The van der Waals surface area contributed by atoms with E-state index in [0.29, 0.717) is 0 Å². The van der Waals surface area contributed by atoms with Crippen LogP contribution in [0, 0.1) is 0 Å². The van der Waals surface area contributed by atoms with Gasteiger partial charge in [-0.05, 0) is 58.7 Å². The van der Waals surface area contributed by atoms with Crippen molar-refractivity contribution in [2.45, 2.75) is 0 Å². The summed E-state index contributed by atoms with van der Waals surface area (Å²) < 4.78 is 11.6. The largest absolute Gasteiger partial charge is 0.455 e. The van der Waals surface area contributed by atoms with Crippen LogP contribution < -0.4 is 0 Å². The molecule has 3 heteroatoms. The molecule has 11 aromatic rings. The van der Waals surface area contributed by atoms with Crippen molar-refractivity contribution in [3.05, 3.63) is 176 Å². The van der Waals surface area contributed by atoms with Gasteiger partial charge in [-0.1, -0.05) is 140 Å². The van der Waals surface area contributed by atoms with E-state index in [1.54, 1.807) is 0 Å². The molecule has 0 unspecified atom stereocenters. The second-order valence-electron chi connectivity index (χ2n) is 13.3. The molecule has 0 amide bonds. The van der Waals surface area contributed by atoms with E-state index in [2.05, 4.69) is 174 Å². The average Bonchev–Trinajstić information content (AvgIpc) is 3.88. The van der Waals surface area contributed by atoms with Crippen LogP contribution in [-0.2, 0) is 0 Å². The molecule has 0 radical (unpaired) electrons. The highest BCUT2D eigenvalue weighted by Gasteiger charge is 2.21. The van der Waals surface area contributed by atoms with Gasteiger partial charge in [-0.25, -0.2) is 0 Å². The second-order valence-corrected chi connectivity index (χ2v) is 14.3. The topological polar surface area (TPSA) is 18.1 Å². The van der Waals surface area contributed by atoms with Gasteiger partial charge in [-0.15, -0.1) is 11.3 Å². The predicted molar refractivity (Wildman–Crippen MR) is 217 cm³/mol. The van der Waals surface area contributed by atoms with E-state index in [9.17, 15) is 0 Å². The van der Waals surface area contributed by atoms with Gasteiger partial charge in [0, 0.05) is 48.1 Å². The lowest BCUT2D eigenvalue weighted by Gasteiger charge is -2.10. The predicted octanol–water partition coefficient (Wildman–Crippen LogP) is 14.1. The fourth-order valence-corrected chi connectivity index (χ4v) is 9.39. The Morgan fingerprint density at radius 3 is 1.92 bits per heavy atom. The third kappa shape index (κ3) is 4.29. The maximum Gasteiger partial charge on any atom is 0.143 e. The zero-order chi connectivity index (χ0) is 33.5. The molecule has 2 nitrogen and oxygen atoms in total. The van der Waals surface area contributed by atoms with Gasteiger partial charge in [0.2, 0.25) is 0 Å². The van der Waals surface area contributed by atoms with Crippen molar-refractivity contribution < 1.29 is 4.42 Å². The van der Waals surface area contributed by atoms with Gasteiger partial charge in [0.25, 0.3) is 0 Å². The minimum atomic E-state index is 0.913. The summed E-state index contributed by atoms with van der Waals surface area (Å²) in [6.07, 6.45) is 0. The van der Waals surface area contributed by atoms with Crippen molar-refractivity contribution in [3.8, 4) is 39.1 Å². The van der Waals surface area contributed by atoms with Crippen LogP contribution >= 0.6 is 11.3 Å². The van der Waals surface area contributed by atoms with Gasteiger partial charge in [0.05, 0.1) is 21.4 Å². The monoisotopic (exact) mass is 667 g/mol. The number of thiophene rings is 1. The minimum absolute atomic E-state index is 0.913. The van der Waals surface area contributed by atoms with Crippen molar-refractivity contribution in [2.75, 3.05) is 0 Å². The average molecular weight is 668 g/mol. The van der Waals surface area contributed by atoms with Crippen LogP contribution in [0.3, 0.4) is 0 Å². The normalized spacial score (nSPS) is 11.9. The molecule has 0 N–H and O–H groups in total. The number of benzene rings is 8. The van der Waals surface area contributed by atoms with E-state index in [-0.39, 0.29) is 0 Å². The summed E-state index contributed by atoms with van der Waals surface area (Å²) in [7, 11) is 0. The Kier molecular flexibility index (Phi) is 6.16. The molecule has 3 aromatic heterocycles. The second kappa shape index (κ2) is 11.0. The zero-order valence-corrected chi connectivity index (χ0v) is 28.3. The van der Waals surface area contributed by atoms with Gasteiger partial charge < -0.3 is 8.98 Å². The van der Waals surface area contributed by atoms with Crippen molar-refractivity contribution in [3.63, 3.8) is 0 Å². The summed E-state index contributed by atoms with van der Waals surface area (Å²) in [6.45, 7) is 0. The third-order valence-electron chi connectivity index (χ3n) is 10.4. The highest BCUT2D eigenvalue weighted by Crippen LogP contribution is 2.47. The summed E-state index contributed by atoms with van der Waals surface area (Å²) in [5.74, 6) is 0. The van der Waals surface area contributed by atoms with Crippen molar-refractivity contribution in [1.82, 2.24) is 4.57 Å². The molecule has 0 saturated carbocycles. The Balaban J connectivity index is 1.22. The van der Waals surface area contributed by atoms with Gasteiger partial charge in [-0.2, -0.15) is 0 Å². The number of nitrogens with zero attached hydrogens (tertiary/aromatic N) is 1. The first kappa shape index (κ1) is 28.4. The van der Waals surface area contributed by atoms with E-state index in [0.717, 1.165) is 33.1 Å². The highest BCUT2D eigenvalue weighted by molar-refractivity contribution is 7.26. The number of fused-ring (bicyclic) bond motifs is 9. The lowest BCUT2D eigenvalue weighted by molar-refractivity contribution is 0.670. The lowest BCUT2D eigenvalue weighted by Crippen LogP contribution is -1.94. The standard InChI is InChI=1S/C48H29NOS/c1-3-13-30(14-4-1)32-25-26-36-35-17-7-9-22-42(35)49(44(36)29-32)43-23-12-21-39-41-28-33(27-40(47(41)51-48(39)43)31-15-5-2-6-16-31)34-19-11-20-38-37-18-8-10-24-45(37)50-46(34)38/h1-29H. The molecule has 8 aromatic carbocycles. The molecule has 51 heavy (non-hydrogen) atoms. The zero-order valence-electron chi connectivity index (χ0n) is 27.5. The molecule has 0 saturated heterocycles. The SMILES string of the molecule is c1ccc(-c2ccc3c4ccccc4n(-c4cccc5c4sc4c(-c6ccccc6)cc(-c6cccc7c6oc6ccccc67)cc45)c3c2)cc1. The van der Waals surface area contributed by atoms with Gasteiger partial charge in [0.1, 0.15) is 11.2 Å². The smallest absolute Gasteiger partial charge is 0.143 e. The molecule has 0 aliphatic rings. The number of para-hydroxylation sites is 3. The number of rotatable bonds is 4. The molecule has 0 aliphatic carbocycles. The molecule has 0 aliphatic heterocycles. The van der Waals surface area contributed by atoms with Crippen molar-refractivity contribution >= 4 is 75.3 Å².